The Hall–Kier alpha value is -3.66. The second-order valence-corrected chi connectivity index (χ2v) is 5.19. The topological polar surface area (TPSA) is 94.2 Å². The maximum Gasteiger partial charge on any atom is 0.364 e. The average molecular weight is 335 g/mol. The lowest BCUT2D eigenvalue weighted by Crippen LogP contribution is -2.24. The number of carbonyl (C=O) groups excluding carboxylic acids is 1. The molecule has 1 aromatic heterocycles. The van der Waals surface area contributed by atoms with E-state index in [2.05, 4.69) is 5.10 Å². The van der Waals surface area contributed by atoms with Gasteiger partial charge in [-0.05, 0) is 18.2 Å². The lowest BCUT2D eigenvalue weighted by molar-refractivity contribution is 0.0723. The summed E-state index contributed by atoms with van der Waals surface area (Å²) in [4.78, 5) is 24.7. The number of methoxy groups -OCH3 is 1. The summed E-state index contributed by atoms with van der Waals surface area (Å²) in [5, 5.41) is 13.7. The number of esters is 1. The molecule has 0 bridgehead atoms. The van der Waals surface area contributed by atoms with Gasteiger partial charge in [0, 0.05) is 18.5 Å². The van der Waals surface area contributed by atoms with E-state index in [9.17, 15) is 9.59 Å². The molecule has 0 N–H and O–H groups in total. The highest BCUT2D eigenvalue weighted by Gasteiger charge is 2.19. The Balaban J connectivity index is 2.06. The van der Waals surface area contributed by atoms with Crippen LogP contribution < -0.4 is 15.0 Å². The van der Waals surface area contributed by atoms with Gasteiger partial charge in [0.25, 0.3) is 5.56 Å². The third kappa shape index (κ3) is 2.93. The highest BCUT2D eigenvalue weighted by molar-refractivity contribution is 6.03. The van der Waals surface area contributed by atoms with Gasteiger partial charge in [0.2, 0.25) is 0 Å². The minimum absolute atomic E-state index is 0.0177. The van der Waals surface area contributed by atoms with E-state index >= 15 is 0 Å². The van der Waals surface area contributed by atoms with E-state index in [0.29, 0.717) is 16.3 Å². The molecule has 0 saturated carbocycles. The number of rotatable bonds is 3. The molecule has 0 aliphatic carbocycles. The summed E-state index contributed by atoms with van der Waals surface area (Å²) in [7, 11) is 2.88. The molecule has 3 aromatic rings. The second-order valence-electron chi connectivity index (χ2n) is 5.19. The highest BCUT2D eigenvalue weighted by Crippen LogP contribution is 2.29. The van der Waals surface area contributed by atoms with Gasteiger partial charge in [-0.1, -0.05) is 18.2 Å². The van der Waals surface area contributed by atoms with E-state index in [1.807, 2.05) is 6.07 Å². The number of hydrogen-bond acceptors (Lipinski definition) is 6. The van der Waals surface area contributed by atoms with Crippen LogP contribution in [0.1, 0.15) is 16.1 Å². The summed E-state index contributed by atoms with van der Waals surface area (Å²) in [6.07, 6.45) is 0. The fourth-order valence-corrected chi connectivity index (χ4v) is 2.42. The first-order chi connectivity index (χ1) is 12.0. The molecule has 0 amide bonds. The second kappa shape index (κ2) is 6.45. The SMILES string of the molecule is COc1cc(C#N)ccc1OC(=O)c1nn(C)c(=O)c2ccccc12. The normalized spacial score (nSPS) is 10.3. The summed E-state index contributed by atoms with van der Waals surface area (Å²) in [6.45, 7) is 0. The molecule has 0 fully saturated rings. The summed E-state index contributed by atoms with van der Waals surface area (Å²) >= 11 is 0. The van der Waals surface area contributed by atoms with Crippen LogP contribution >= 0.6 is 0 Å². The van der Waals surface area contributed by atoms with Crippen LogP contribution in [0.5, 0.6) is 11.5 Å². The molecule has 0 aliphatic rings. The Morgan fingerprint density at radius 1 is 1.16 bits per heavy atom. The van der Waals surface area contributed by atoms with E-state index in [0.717, 1.165) is 4.68 Å². The minimum Gasteiger partial charge on any atom is -0.493 e. The first-order valence-corrected chi connectivity index (χ1v) is 7.31. The third-order valence-corrected chi connectivity index (χ3v) is 3.65. The number of fused-ring (bicyclic) bond motifs is 1. The van der Waals surface area contributed by atoms with Crippen molar-refractivity contribution in [3.05, 3.63) is 64.1 Å². The number of aryl methyl sites for hydroxylation is 1. The van der Waals surface area contributed by atoms with Crippen molar-refractivity contribution in [3.8, 4) is 17.6 Å². The van der Waals surface area contributed by atoms with Crippen molar-refractivity contribution < 1.29 is 14.3 Å². The molecule has 25 heavy (non-hydrogen) atoms. The van der Waals surface area contributed by atoms with Crippen molar-refractivity contribution in [3.63, 3.8) is 0 Å². The van der Waals surface area contributed by atoms with Gasteiger partial charge in [-0.2, -0.15) is 10.4 Å². The van der Waals surface area contributed by atoms with Crippen molar-refractivity contribution >= 4 is 16.7 Å². The van der Waals surface area contributed by atoms with Gasteiger partial charge in [0.05, 0.1) is 24.1 Å². The fourth-order valence-electron chi connectivity index (χ4n) is 2.42. The molecule has 2 aromatic carbocycles. The number of carbonyl (C=O) groups is 1. The summed E-state index contributed by atoms with van der Waals surface area (Å²) in [6, 6.07) is 13.1. The largest absolute Gasteiger partial charge is 0.493 e. The molecule has 124 valence electrons. The Bertz CT molecular complexity index is 1080. The molecule has 1 heterocycles. The van der Waals surface area contributed by atoms with Crippen LogP contribution in [-0.4, -0.2) is 22.9 Å². The van der Waals surface area contributed by atoms with Gasteiger partial charge < -0.3 is 9.47 Å². The minimum atomic E-state index is -0.727. The van der Waals surface area contributed by atoms with E-state index in [4.69, 9.17) is 14.7 Å². The zero-order valence-corrected chi connectivity index (χ0v) is 13.5. The monoisotopic (exact) mass is 335 g/mol. The average Bonchev–Trinajstić information content (AvgIpc) is 2.64. The van der Waals surface area contributed by atoms with Crippen LogP contribution in [0, 0.1) is 11.3 Å². The molecule has 0 saturated heterocycles. The van der Waals surface area contributed by atoms with E-state index in [-0.39, 0.29) is 22.8 Å². The summed E-state index contributed by atoms with van der Waals surface area (Å²) in [5.74, 6) is -0.317. The molecule has 0 atom stereocenters. The lowest BCUT2D eigenvalue weighted by atomic mass is 10.1. The Labute approximate surface area is 142 Å². The van der Waals surface area contributed by atoms with E-state index in [1.165, 1.54) is 32.4 Å². The van der Waals surface area contributed by atoms with Gasteiger partial charge in [-0.15, -0.1) is 0 Å². The number of nitriles is 1. The Kier molecular flexibility index (Phi) is 4.18. The van der Waals surface area contributed by atoms with Crippen LogP contribution in [0.25, 0.3) is 10.8 Å². The van der Waals surface area contributed by atoms with Gasteiger partial charge in [0.15, 0.2) is 17.2 Å². The van der Waals surface area contributed by atoms with Crippen LogP contribution in [0.2, 0.25) is 0 Å². The van der Waals surface area contributed by atoms with Gasteiger partial charge in [-0.3, -0.25) is 4.79 Å². The molecule has 0 aliphatic heterocycles. The van der Waals surface area contributed by atoms with Crippen molar-refractivity contribution in [2.24, 2.45) is 7.05 Å². The molecule has 0 unspecified atom stereocenters. The van der Waals surface area contributed by atoms with Crippen molar-refractivity contribution in [1.82, 2.24) is 9.78 Å². The van der Waals surface area contributed by atoms with Crippen LogP contribution in [0.3, 0.4) is 0 Å². The molecule has 3 rings (SSSR count). The summed E-state index contributed by atoms with van der Waals surface area (Å²) in [5.41, 5.74) is 0.0922. The van der Waals surface area contributed by atoms with Crippen molar-refractivity contribution in [2.75, 3.05) is 7.11 Å². The predicted octanol–water partition coefficient (Wildman–Crippen LogP) is 2.03. The third-order valence-electron chi connectivity index (χ3n) is 3.65. The van der Waals surface area contributed by atoms with Crippen molar-refractivity contribution in [1.29, 1.82) is 5.26 Å². The quantitative estimate of drug-likeness (QED) is 0.537. The zero-order valence-electron chi connectivity index (χ0n) is 13.5. The number of aromatic nitrogens is 2. The number of nitrogens with zero attached hydrogens (tertiary/aromatic N) is 3. The lowest BCUT2D eigenvalue weighted by Gasteiger charge is -2.11. The van der Waals surface area contributed by atoms with Crippen LogP contribution in [-0.2, 0) is 7.05 Å². The standard InChI is InChI=1S/C18H13N3O4/c1-21-17(22)13-6-4-3-5-12(13)16(20-21)18(23)25-14-8-7-11(10-19)9-15(14)24-2/h3-9H,1-2H3. The first-order valence-electron chi connectivity index (χ1n) is 7.31. The Morgan fingerprint density at radius 2 is 1.88 bits per heavy atom. The van der Waals surface area contributed by atoms with Crippen LogP contribution in [0.4, 0.5) is 0 Å². The fraction of sp³-hybridized carbons (Fsp3) is 0.111. The maximum absolute atomic E-state index is 12.6. The predicted molar refractivity (Wildman–Crippen MR) is 89.7 cm³/mol. The van der Waals surface area contributed by atoms with Crippen molar-refractivity contribution in [2.45, 2.75) is 0 Å². The van der Waals surface area contributed by atoms with Crippen LogP contribution in [0.15, 0.2) is 47.3 Å². The molecular formula is C18H13N3O4. The number of benzene rings is 2. The number of hydrogen-bond donors (Lipinski definition) is 0. The van der Waals surface area contributed by atoms with E-state index in [1.54, 1.807) is 24.3 Å². The molecule has 7 heteroatoms. The Morgan fingerprint density at radius 3 is 2.56 bits per heavy atom. The number of ether oxygens (including phenoxy) is 2. The zero-order chi connectivity index (χ0) is 18.0. The highest BCUT2D eigenvalue weighted by atomic mass is 16.6. The van der Waals surface area contributed by atoms with Gasteiger partial charge in [-0.25, -0.2) is 9.48 Å². The van der Waals surface area contributed by atoms with Gasteiger partial charge in [0.1, 0.15) is 0 Å². The van der Waals surface area contributed by atoms with Gasteiger partial charge >= 0.3 is 5.97 Å². The first kappa shape index (κ1) is 16.2. The smallest absolute Gasteiger partial charge is 0.364 e. The molecule has 0 spiro atoms. The molecule has 0 radical (unpaired) electrons. The van der Waals surface area contributed by atoms with E-state index < -0.39 is 5.97 Å². The summed E-state index contributed by atoms with van der Waals surface area (Å²) < 4.78 is 11.6. The molecular weight excluding hydrogens is 322 g/mol. The molecule has 7 nitrogen and oxygen atoms in total. The maximum atomic E-state index is 12.6.